The summed E-state index contributed by atoms with van der Waals surface area (Å²) in [7, 11) is 0. The van der Waals surface area contributed by atoms with Crippen LogP contribution >= 0.6 is 34.7 Å². The Morgan fingerprint density at radius 1 is 1.28 bits per heavy atom. The fraction of sp³-hybridized carbons (Fsp3) is 0.222. The normalized spacial score (nSPS) is 11.8. The SMILES string of the molecule is Cc1csc(Sc2cc(Cl)nc(C(F)(F)F)n2)n1. The first kappa shape index (κ1) is 13.6. The average Bonchev–Trinajstić information content (AvgIpc) is 2.61. The third-order valence-corrected chi connectivity index (χ3v) is 3.88. The van der Waals surface area contributed by atoms with E-state index in [0.717, 1.165) is 17.5 Å². The number of hydrogen-bond acceptors (Lipinski definition) is 5. The molecule has 0 aliphatic heterocycles. The minimum atomic E-state index is -4.61. The number of aromatic nitrogens is 3. The third kappa shape index (κ3) is 3.33. The molecular weight excluding hydrogens is 307 g/mol. The molecule has 3 nitrogen and oxygen atoms in total. The molecule has 0 N–H and O–H groups in total. The lowest BCUT2D eigenvalue weighted by molar-refractivity contribution is -0.145. The molecule has 0 spiro atoms. The molecule has 0 unspecified atom stereocenters. The van der Waals surface area contributed by atoms with Gasteiger partial charge >= 0.3 is 6.18 Å². The summed E-state index contributed by atoms with van der Waals surface area (Å²) in [6.45, 7) is 1.80. The van der Waals surface area contributed by atoms with Crippen LogP contribution in [0.3, 0.4) is 0 Å². The molecule has 0 amide bonds. The highest BCUT2D eigenvalue weighted by atomic mass is 35.5. The van der Waals surface area contributed by atoms with E-state index in [2.05, 4.69) is 15.0 Å². The van der Waals surface area contributed by atoms with Crippen molar-refractivity contribution in [2.45, 2.75) is 22.5 Å². The predicted octanol–water partition coefficient (Wildman–Crippen LogP) is 4.06. The van der Waals surface area contributed by atoms with E-state index in [-0.39, 0.29) is 10.2 Å². The fourth-order valence-corrected chi connectivity index (χ4v) is 3.08. The Balaban J connectivity index is 2.31. The summed E-state index contributed by atoms with van der Waals surface area (Å²) in [6, 6.07) is 1.28. The van der Waals surface area contributed by atoms with Crippen LogP contribution < -0.4 is 0 Å². The van der Waals surface area contributed by atoms with Crippen LogP contribution in [0.4, 0.5) is 13.2 Å². The maximum absolute atomic E-state index is 12.5. The van der Waals surface area contributed by atoms with Crippen LogP contribution in [0.25, 0.3) is 0 Å². The minimum Gasteiger partial charge on any atom is -0.235 e. The number of alkyl halides is 3. The standard InChI is InChI=1S/C9H5ClF3N3S2/c1-4-3-17-8(14-4)18-6-2-5(10)15-7(16-6)9(11,12)13/h2-3H,1H3. The number of rotatable bonds is 2. The molecule has 2 rings (SSSR count). The van der Waals surface area contributed by atoms with Crippen molar-refractivity contribution in [2.24, 2.45) is 0 Å². The number of aryl methyl sites for hydroxylation is 1. The highest BCUT2D eigenvalue weighted by molar-refractivity contribution is 8.01. The van der Waals surface area contributed by atoms with Crippen molar-refractivity contribution >= 4 is 34.7 Å². The van der Waals surface area contributed by atoms with Gasteiger partial charge in [0.1, 0.15) is 10.2 Å². The molecule has 0 aliphatic rings. The van der Waals surface area contributed by atoms with Gasteiger partial charge in [0.05, 0.1) is 0 Å². The highest BCUT2D eigenvalue weighted by Crippen LogP contribution is 2.33. The van der Waals surface area contributed by atoms with Crippen molar-refractivity contribution in [3.05, 3.63) is 28.1 Å². The summed E-state index contributed by atoms with van der Waals surface area (Å²) < 4.78 is 38.1. The van der Waals surface area contributed by atoms with Gasteiger partial charge in [0.25, 0.3) is 0 Å². The van der Waals surface area contributed by atoms with Gasteiger partial charge in [0.15, 0.2) is 4.34 Å². The highest BCUT2D eigenvalue weighted by Gasteiger charge is 2.35. The van der Waals surface area contributed by atoms with Crippen LogP contribution in [0.2, 0.25) is 5.15 Å². The molecule has 0 bridgehead atoms. The first-order chi connectivity index (χ1) is 8.34. The van der Waals surface area contributed by atoms with Crippen LogP contribution in [-0.4, -0.2) is 15.0 Å². The molecule has 9 heteroatoms. The zero-order valence-electron chi connectivity index (χ0n) is 8.82. The fourth-order valence-electron chi connectivity index (χ4n) is 1.04. The maximum Gasteiger partial charge on any atom is 0.451 e. The Bertz CT molecular complexity index is 570. The lowest BCUT2D eigenvalue weighted by Gasteiger charge is -2.06. The molecule has 0 saturated carbocycles. The Kier molecular flexibility index (Phi) is 3.79. The second kappa shape index (κ2) is 5.02. The summed E-state index contributed by atoms with van der Waals surface area (Å²) in [4.78, 5) is 10.7. The first-order valence-electron chi connectivity index (χ1n) is 4.56. The van der Waals surface area contributed by atoms with Crippen LogP contribution in [0.1, 0.15) is 11.5 Å². The zero-order chi connectivity index (χ0) is 13.3. The van der Waals surface area contributed by atoms with Gasteiger partial charge in [-0.25, -0.2) is 15.0 Å². The number of hydrogen-bond donors (Lipinski definition) is 0. The molecule has 0 aliphatic carbocycles. The Labute approximate surface area is 113 Å². The molecule has 96 valence electrons. The molecule has 0 aromatic carbocycles. The van der Waals surface area contributed by atoms with Gasteiger partial charge in [0.2, 0.25) is 5.82 Å². The molecule has 2 aromatic heterocycles. The van der Waals surface area contributed by atoms with Crippen LogP contribution in [0.15, 0.2) is 20.8 Å². The van der Waals surface area contributed by atoms with Crippen molar-refractivity contribution < 1.29 is 13.2 Å². The van der Waals surface area contributed by atoms with Gasteiger partial charge in [-0.3, -0.25) is 0 Å². The minimum absolute atomic E-state index is 0.122. The number of nitrogens with zero attached hydrogens (tertiary/aromatic N) is 3. The molecule has 2 aromatic rings. The van der Waals surface area contributed by atoms with Gasteiger partial charge in [-0.15, -0.1) is 11.3 Å². The second-order valence-corrected chi connectivity index (χ2v) is 5.72. The maximum atomic E-state index is 12.5. The molecule has 0 saturated heterocycles. The molecule has 2 heterocycles. The van der Waals surface area contributed by atoms with E-state index in [1.54, 1.807) is 12.3 Å². The molecule has 0 radical (unpaired) electrons. The lowest BCUT2D eigenvalue weighted by atomic mass is 10.5. The summed E-state index contributed by atoms with van der Waals surface area (Å²) in [5.74, 6) is -1.24. The van der Waals surface area contributed by atoms with Crippen molar-refractivity contribution in [3.8, 4) is 0 Å². The lowest BCUT2D eigenvalue weighted by Crippen LogP contribution is -2.11. The predicted molar refractivity (Wildman–Crippen MR) is 63.0 cm³/mol. The molecule has 0 fully saturated rings. The monoisotopic (exact) mass is 311 g/mol. The zero-order valence-corrected chi connectivity index (χ0v) is 11.2. The largest absolute Gasteiger partial charge is 0.451 e. The summed E-state index contributed by atoms with van der Waals surface area (Å²) in [6.07, 6.45) is -4.61. The van der Waals surface area contributed by atoms with Crippen molar-refractivity contribution in [1.29, 1.82) is 0 Å². The van der Waals surface area contributed by atoms with Crippen molar-refractivity contribution in [3.63, 3.8) is 0 Å². The molecule has 18 heavy (non-hydrogen) atoms. The second-order valence-electron chi connectivity index (χ2n) is 3.21. The smallest absolute Gasteiger partial charge is 0.235 e. The van der Waals surface area contributed by atoms with E-state index in [4.69, 9.17) is 11.6 Å². The summed E-state index contributed by atoms with van der Waals surface area (Å²) in [5, 5.41) is 1.68. The van der Waals surface area contributed by atoms with Crippen LogP contribution in [0, 0.1) is 6.92 Å². The number of thiazole rings is 1. The summed E-state index contributed by atoms with van der Waals surface area (Å²) in [5.41, 5.74) is 0.804. The van der Waals surface area contributed by atoms with Gasteiger partial charge in [0, 0.05) is 17.1 Å². The topological polar surface area (TPSA) is 38.7 Å². The van der Waals surface area contributed by atoms with Gasteiger partial charge < -0.3 is 0 Å². The third-order valence-electron chi connectivity index (χ3n) is 1.71. The van der Waals surface area contributed by atoms with Gasteiger partial charge in [-0.2, -0.15) is 13.2 Å². The molecular formula is C9H5ClF3N3S2. The van der Waals surface area contributed by atoms with E-state index in [1.807, 2.05) is 0 Å². The quantitative estimate of drug-likeness (QED) is 0.784. The van der Waals surface area contributed by atoms with Gasteiger partial charge in [-0.05, 0) is 18.7 Å². The molecule has 0 atom stereocenters. The van der Waals surface area contributed by atoms with Gasteiger partial charge in [-0.1, -0.05) is 11.6 Å². The van der Waals surface area contributed by atoms with E-state index in [1.165, 1.54) is 17.4 Å². The number of halogens is 4. The Hall–Kier alpha value is -0.860. The average molecular weight is 312 g/mol. The first-order valence-corrected chi connectivity index (χ1v) is 6.64. The van der Waals surface area contributed by atoms with E-state index in [0.29, 0.717) is 4.34 Å². The van der Waals surface area contributed by atoms with E-state index < -0.39 is 12.0 Å². The van der Waals surface area contributed by atoms with Crippen LogP contribution in [0.5, 0.6) is 0 Å². The summed E-state index contributed by atoms with van der Waals surface area (Å²) >= 11 is 7.90. The van der Waals surface area contributed by atoms with E-state index >= 15 is 0 Å². The Morgan fingerprint density at radius 3 is 2.56 bits per heavy atom. The van der Waals surface area contributed by atoms with Crippen molar-refractivity contribution in [2.75, 3.05) is 0 Å². The van der Waals surface area contributed by atoms with Crippen LogP contribution in [-0.2, 0) is 6.18 Å². The van der Waals surface area contributed by atoms with E-state index in [9.17, 15) is 13.2 Å². The van der Waals surface area contributed by atoms with Crippen molar-refractivity contribution in [1.82, 2.24) is 15.0 Å². The Morgan fingerprint density at radius 2 is 2.00 bits per heavy atom.